The molecule has 3 N–H and O–H groups in total. The standard InChI is InChI=1S/C19H22FIN6O3S/c1-10(2)31(28,29)23-4-5-27-15(24-16-17(22)25-19(20)26-18(16)27)9-12-8-14-11(3-6-30-14)7-13(12)21/h7-8,10,23H,3-6,9H2,1-2H3,(H2,22,25,26). The normalized spacial score (nSPS) is 13.7. The molecule has 2 aromatic heterocycles. The minimum Gasteiger partial charge on any atom is -0.493 e. The number of sulfonamides is 1. The molecule has 0 aliphatic carbocycles. The van der Waals surface area contributed by atoms with E-state index in [-0.39, 0.29) is 30.1 Å². The van der Waals surface area contributed by atoms with Crippen LogP contribution in [0.4, 0.5) is 10.2 Å². The topological polar surface area (TPSA) is 125 Å². The number of nitrogens with zero attached hydrogens (tertiary/aromatic N) is 4. The molecule has 166 valence electrons. The van der Waals surface area contributed by atoms with Crippen molar-refractivity contribution in [1.29, 1.82) is 0 Å². The summed E-state index contributed by atoms with van der Waals surface area (Å²) in [7, 11) is -3.44. The van der Waals surface area contributed by atoms with Gasteiger partial charge >= 0.3 is 6.08 Å². The van der Waals surface area contributed by atoms with Crippen LogP contribution in [0.25, 0.3) is 11.2 Å². The zero-order valence-corrected chi connectivity index (χ0v) is 20.0. The van der Waals surface area contributed by atoms with Crippen LogP contribution in [0.1, 0.15) is 30.8 Å². The number of aromatic nitrogens is 4. The highest BCUT2D eigenvalue weighted by atomic mass is 127. The summed E-state index contributed by atoms with van der Waals surface area (Å²) in [5.74, 6) is 1.38. The van der Waals surface area contributed by atoms with Gasteiger partial charge in [0.1, 0.15) is 11.6 Å². The number of anilines is 1. The Hall–Kier alpha value is -2.06. The third kappa shape index (κ3) is 4.46. The van der Waals surface area contributed by atoms with Gasteiger partial charge in [0.2, 0.25) is 10.0 Å². The average Bonchev–Trinajstić information content (AvgIpc) is 3.27. The maximum Gasteiger partial charge on any atom is 0.312 e. The Morgan fingerprint density at radius 1 is 1.32 bits per heavy atom. The van der Waals surface area contributed by atoms with Gasteiger partial charge in [0.05, 0.1) is 11.9 Å². The molecule has 9 nitrogen and oxygen atoms in total. The molecule has 1 aliphatic rings. The monoisotopic (exact) mass is 560 g/mol. The van der Waals surface area contributed by atoms with Crippen LogP contribution in [0.2, 0.25) is 0 Å². The molecule has 4 rings (SSSR count). The zero-order valence-electron chi connectivity index (χ0n) is 17.0. The first kappa shape index (κ1) is 22.1. The Bertz CT molecular complexity index is 1260. The van der Waals surface area contributed by atoms with Gasteiger partial charge in [-0.2, -0.15) is 14.4 Å². The van der Waals surface area contributed by atoms with E-state index in [0.717, 1.165) is 21.3 Å². The van der Waals surface area contributed by atoms with Crippen molar-refractivity contribution in [3.8, 4) is 5.75 Å². The van der Waals surface area contributed by atoms with Gasteiger partial charge in [-0.15, -0.1) is 0 Å². The Morgan fingerprint density at radius 3 is 2.84 bits per heavy atom. The predicted molar refractivity (Wildman–Crippen MR) is 123 cm³/mol. The first-order chi connectivity index (χ1) is 14.7. The molecule has 0 amide bonds. The van der Waals surface area contributed by atoms with Gasteiger partial charge in [-0.1, -0.05) is 0 Å². The van der Waals surface area contributed by atoms with Gasteiger partial charge in [-0.3, -0.25) is 0 Å². The molecule has 31 heavy (non-hydrogen) atoms. The molecule has 0 unspecified atom stereocenters. The van der Waals surface area contributed by atoms with Gasteiger partial charge in [0, 0.05) is 29.5 Å². The highest BCUT2D eigenvalue weighted by Crippen LogP contribution is 2.31. The van der Waals surface area contributed by atoms with Crippen LogP contribution < -0.4 is 15.2 Å². The number of nitrogen functional groups attached to an aromatic ring is 1. The van der Waals surface area contributed by atoms with E-state index in [0.29, 0.717) is 18.9 Å². The summed E-state index contributed by atoms with van der Waals surface area (Å²) >= 11 is 2.27. The molecular weight excluding hydrogens is 538 g/mol. The SMILES string of the molecule is CC(C)S(=O)(=O)NCCn1c(Cc2cc3c(cc2I)CCO3)nc2c(N)nc(F)nc21. The number of ether oxygens (including phenoxy) is 1. The number of halogens is 2. The number of nitrogens with one attached hydrogen (secondary N) is 1. The van der Waals surface area contributed by atoms with Crippen LogP contribution >= 0.6 is 22.6 Å². The third-order valence-electron chi connectivity index (χ3n) is 5.14. The molecule has 3 aromatic rings. The molecule has 0 saturated carbocycles. The first-order valence-corrected chi connectivity index (χ1v) is 12.4. The Kier molecular flexibility index (Phi) is 6.05. The van der Waals surface area contributed by atoms with Crippen molar-refractivity contribution in [3.05, 3.63) is 38.7 Å². The molecule has 1 aliphatic heterocycles. The van der Waals surface area contributed by atoms with Gasteiger partial charge in [-0.05, 0) is 59.7 Å². The minimum absolute atomic E-state index is 0.0581. The van der Waals surface area contributed by atoms with E-state index in [1.54, 1.807) is 18.4 Å². The van der Waals surface area contributed by atoms with E-state index >= 15 is 0 Å². The van der Waals surface area contributed by atoms with E-state index in [4.69, 9.17) is 10.5 Å². The van der Waals surface area contributed by atoms with Crippen LogP contribution in [0.15, 0.2) is 12.1 Å². The predicted octanol–water partition coefficient (Wildman–Crippen LogP) is 2.01. The number of benzene rings is 1. The van der Waals surface area contributed by atoms with Crippen LogP contribution in [-0.4, -0.2) is 46.3 Å². The summed E-state index contributed by atoms with van der Waals surface area (Å²) in [6.45, 7) is 4.18. The van der Waals surface area contributed by atoms with Gasteiger partial charge in [0.25, 0.3) is 0 Å². The Labute approximate surface area is 192 Å². The lowest BCUT2D eigenvalue weighted by atomic mass is 10.1. The second-order valence-corrected chi connectivity index (χ2v) is 11.0. The number of fused-ring (bicyclic) bond motifs is 2. The Morgan fingerprint density at radius 2 is 2.10 bits per heavy atom. The number of rotatable bonds is 7. The van der Waals surface area contributed by atoms with Crippen molar-refractivity contribution in [3.63, 3.8) is 0 Å². The first-order valence-electron chi connectivity index (χ1n) is 9.76. The van der Waals surface area contributed by atoms with Crippen LogP contribution in [-0.2, 0) is 29.4 Å². The number of imidazole rings is 1. The summed E-state index contributed by atoms with van der Waals surface area (Å²) < 4.78 is 49.1. The number of hydrogen-bond acceptors (Lipinski definition) is 7. The van der Waals surface area contributed by atoms with Crippen molar-refractivity contribution in [2.45, 2.75) is 38.5 Å². The molecule has 1 aromatic carbocycles. The molecule has 3 heterocycles. The van der Waals surface area contributed by atoms with E-state index in [1.807, 2.05) is 6.07 Å². The van der Waals surface area contributed by atoms with E-state index in [1.165, 1.54) is 5.56 Å². The smallest absolute Gasteiger partial charge is 0.312 e. The van der Waals surface area contributed by atoms with E-state index in [9.17, 15) is 12.8 Å². The summed E-state index contributed by atoms with van der Waals surface area (Å²) in [4.78, 5) is 12.0. The fraction of sp³-hybridized carbons (Fsp3) is 0.421. The third-order valence-corrected chi connectivity index (χ3v) is 7.99. The molecule has 0 spiro atoms. The zero-order chi connectivity index (χ0) is 22.3. The summed E-state index contributed by atoms with van der Waals surface area (Å²) in [5, 5.41) is -0.560. The van der Waals surface area contributed by atoms with Crippen LogP contribution in [0.3, 0.4) is 0 Å². The number of nitrogens with two attached hydrogens (primary N) is 1. The lowest BCUT2D eigenvalue weighted by Gasteiger charge is -2.13. The second-order valence-electron chi connectivity index (χ2n) is 7.54. The van der Waals surface area contributed by atoms with Gasteiger partial charge < -0.3 is 15.0 Å². The minimum atomic E-state index is -3.44. The highest BCUT2D eigenvalue weighted by Gasteiger charge is 2.21. The summed E-state index contributed by atoms with van der Waals surface area (Å²) in [6.07, 6.45) is 0.343. The molecule has 0 fully saturated rings. The summed E-state index contributed by atoms with van der Waals surface area (Å²) in [5.41, 5.74) is 8.56. The lowest BCUT2D eigenvalue weighted by molar-refractivity contribution is 0.356. The van der Waals surface area contributed by atoms with Crippen molar-refractivity contribution in [2.75, 3.05) is 18.9 Å². The van der Waals surface area contributed by atoms with Crippen LogP contribution in [0, 0.1) is 9.65 Å². The highest BCUT2D eigenvalue weighted by molar-refractivity contribution is 14.1. The lowest BCUT2D eigenvalue weighted by Crippen LogP contribution is -2.33. The van der Waals surface area contributed by atoms with Crippen molar-refractivity contribution in [1.82, 2.24) is 24.2 Å². The number of hydrogen-bond donors (Lipinski definition) is 2. The molecule has 0 saturated heterocycles. The summed E-state index contributed by atoms with van der Waals surface area (Å²) in [6, 6.07) is 4.08. The molecule has 0 radical (unpaired) electrons. The van der Waals surface area contributed by atoms with E-state index in [2.05, 4.69) is 48.3 Å². The van der Waals surface area contributed by atoms with Crippen molar-refractivity contribution < 1.29 is 17.5 Å². The van der Waals surface area contributed by atoms with Crippen molar-refractivity contribution in [2.24, 2.45) is 0 Å². The quantitative estimate of drug-likeness (QED) is 0.335. The largest absolute Gasteiger partial charge is 0.493 e. The van der Waals surface area contributed by atoms with E-state index < -0.39 is 21.4 Å². The van der Waals surface area contributed by atoms with Gasteiger partial charge in [0.15, 0.2) is 17.0 Å². The maximum atomic E-state index is 13.9. The van der Waals surface area contributed by atoms with Crippen LogP contribution in [0.5, 0.6) is 5.75 Å². The average molecular weight is 560 g/mol. The fourth-order valence-electron chi connectivity index (χ4n) is 3.42. The maximum absolute atomic E-state index is 13.9. The molecule has 0 bridgehead atoms. The second kappa shape index (κ2) is 8.47. The fourth-order valence-corrected chi connectivity index (χ4v) is 4.85. The Balaban J connectivity index is 1.71. The molecule has 12 heteroatoms. The molecular formula is C19H22FIN6O3S. The van der Waals surface area contributed by atoms with Gasteiger partial charge in [-0.25, -0.2) is 18.1 Å². The molecule has 0 atom stereocenters. The van der Waals surface area contributed by atoms with Crippen molar-refractivity contribution >= 4 is 49.6 Å².